The highest BCUT2D eigenvalue weighted by Crippen LogP contribution is 2.35. The number of rotatable bonds is 1. The van der Waals surface area contributed by atoms with Crippen molar-refractivity contribution in [3.05, 3.63) is 58.1 Å². The number of fused-ring (bicyclic) bond motifs is 2. The van der Waals surface area contributed by atoms with Gasteiger partial charge in [-0.2, -0.15) is 0 Å². The third-order valence-corrected chi connectivity index (χ3v) is 3.54. The van der Waals surface area contributed by atoms with Crippen LogP contribution in [0.4, 0.5) is 0 Å². The largest absolute Gasteiger partial charge is 0.507 e. The third kappa shape index (κ3) is 1.77. The molecule has 6 heteroatoms. The van der Waals surface area contributed by atoms with Crippen LogP contribution in [0.15, 0.2) is 30.3 Å². The first-order chi connectivity index (χ1) is 10.5. The van der Waals surface area contributed by atoms with E-state index in [0.717, 1.165) is 19.2 Å². The molecule has 22 heavy (non-hydrogen) atoms. The molecule has 110 valence electrons. The van der Waals surface area contributed by atoms with Crippen LogP contribution >= 0.6 is 0 Å². The molecule has 0 saturated carbocycles. The molecule has 0 atom stereocenters. The molecular formula is C16H10O6. The molecule has 1 aliphatic carbocycles. The van der Waals surface area contributed by atoms with Gasteiger partial charge in [-0.1, -0.05) is 12.1 Å². The Hall–Kier alpha value is -3.15. The number of hydrogen-bond acceptors (Lipinski definition) is 6. The summed E-state index contributed by atoms with van der Waals surface area (Å²) in [5.41, 5.74) is -0.351. The molecule has 2 N–H and O–H groups in total. The van der Waals surface area contributed by atoms with Gasteiger partial charge in [0.1, 0.15) is 17.1 Å². The number of ether oxygens (including phenoxy) is 1. The number of ketones is 2. The van der Waals surface area contributed by atoms with E-state index >= 15 is 0 Å². The van der Waals surface area contributed by atoms with Crippen molar-refractivity contribution in [2.45, 2.75) is 0 Å². The summed E-state index contributed by atoms with van der Waals surface area (Å²) in [4.78, 5) is 36.5. The van der Waals surface area contributed by atoms with Gasteiger partial charge in [0, 0.05) is 16.7 Å². The second kappa shape index (κ2) is 4.70. The van der Waals surface area contributed by atoms with Crippen LogP contribution in [0.2, 0.25) is 0 Å². The van der Waals surface area contributed by atoms with E-state index in [2.05, 4.69) is 4.74 Å². The first kappa shape index (κ1) is 13.8. The van der Waals surface area contributed by atoms with Crippen molar-refractivity contribution in [2.24, 2.45) is 0 Å². The summed E-state index contributed by atoms with van der Waals surface area (Å²) in [5.74, 6) is -2.69. The molecule has 2 aromatic rings. The molecule has 0 radical (unpaired) electrons. The second-order valence-electron chi connectivity index (χ2n) is 4.76. The second-order valence-corrected chi connectivity index (χ2v) is 4.76. The molecule has 0 aliphatic heterocycles. The molecule has 0 saturated heterocycles. The molecular weight excluding hydrogens is 288 g/mol. The van der Waals surface area contributed by atoms with Gasteiger partial charge in [0.2, 0.25) is 0 Å². The van der Waals surface area contributed by atoms with E-state index in [0.29, 0.717) is 0 Å². The van der Waals surface area contributed by atoms with Gasteiger partial charge in [0.05, 0.1) is 12.7 Å². The highest BCUT2D eigenvalue weighted by molar-refractivity contribution is 6.29. The van der Waals surface area contributed by atoms with E-state index in [1.807, 2.05) is 0 Å². The molecule has 0 bridgehead atoms. The Bertz CT molecular complexity index is 850. The van der Waals surface area contributed by atoms with E-state index in [9.17, 15) is 24.6 Å². The number of aromatic hydroxyl groups is 2. The maximum absolute atomic E-state index is 12.5. The van der Waals surface area contributed by atoms with Crippen molar-refractivity contribution in [1.82, 2.24) is 0 Å². The molecule has 0 aromatic heterocycles. The van der Waals surface area contributed by atoms with Crippen molar-refractivity contribution >= 4 is 17.5 Å². The fourth-order valence-corrected chi connectivity index (χ4v) is 2.49. The molecule has 0 unspecified atom stereocenters. The van der Waals surface area contributed by atoms with Crippen molar-refractivity contribution in [3.8, 4) is 11.5 Å². The molecule has 0 spiro atoms. The molecule has 6 nitrogen and oxygen atoms in total. The predicted octanol–water partition coefficient (Wildman–Crippen LogP) is 1.66. The zero-order valence-electron chi connectivity index (χ0n) is 11.4. The van der Waals surface area contributed by atoms with Gasteiger partial charge in [-0.15, -0.1) is 0 Å². The molecule has 3 rings (SSSR count). The fraction of sp³-hybridized carbons (Fsp3) is 0.0625. The first-order valence-corrected chi connectivity index (χ1v) is 6.32. The number of hydrogen-bond donors (Lipinski definition) is 2. The summed E-state index contributed by atoms with van der Waals surface area (Å²) in [6.45, 7) is 0. The lowest BCUT2D eigenvalue weighted by Gasteiger charge is -2.19. The number of phenols is 2. The van der Waals surface area contributed by atoms with Gasteiger partial charge >= 0.3 is 5.97 Å². The molecule has 2 aromatic carbocycles. The average Bonchev–Trinajstić information content (AvgIpc) is 2.51. The van der Waals surface area contributed by atoms with Crippen LogP contribution in [-0.4, -0.2) is 34.9 Å². The van der Waals surface area contributed by atoms with Crippen LogP contribution < -0.4 is 0 Å². The van der Waals surface area contributed by atoms with Crippen molar-refractivity contribution in [1.29, 1.82) is 0 Å². The van der Waals surface area contributed by atoms with Crippen molar-refractivity contribution in [3.63, 3.8) is 0 Å². The number of carbonyl (C=O) groups is 3. The summed E-state index contributed by atoms with van der Waals surface area (Å²) in [7, 11) is 1.13. The normalized spacial score (nSPS) is 12.6. The topological polar surface area (TPSA) is 101 Å². The van der Waals surface area contributed by atoms with Crippen LogP contribution in [0.3, 0.4) is 0 Å². The summed E-state index contributed by atoms with van der Waals surface area (Å²) < 4.78 is 4.52. The Morgan fingerprint density at radius 2 is 1.64 bits per heavy atom. The van der Waals surface area contributed by atoms with Gasteiger partial charge in [-0.3, -0.25) is 9.59 Å². The van der Waals surface area contributed by atoms with E-state index < -0.39 is 23.3 Å². The minimum absolute atomic E-state index is 0.0201. The van der Waals surface area contributed by atoms with Crippen LogP contribution in [0, 0.1) is 0 Å². The van der Waals surface area contributed by atoms with Crippen LogP contribution in [-0.2, 0) is 4.74 Å². The number of benzene rings is 2. The Morgan fingerprint density at radius 1 is 0.955 bits per heavy atom. The molecule has 1 aliphatic rings. The molecule has 0 heterocycles. The number of phenolic OH excluding ortho intramolecular Hbond substituents is 2. The van der Waals surface area contributed by atoms with Gasteiger partial charge in [0.15, 0.2) is 11.6 Å². The summed E-state index contributed by atoms with van der Waals surface area (Å²) >= 11 is 0. The Morgan fingerprint density at radius 3 is 2.32 bits per heavy atom. The molecule has 0 amide bonds. The maximum atomic E-state index is 12.5. The monoisotopic (exact) mass is 298 g/mol. The lowest BCUT2D eigenvalue weighted by Crippen LogP contribution is -2.22. The highest BCUT2D eigenvalue weighted by atomic mass is 16.5. The average molecular weight is 298 g/mol. The summed E-state index contributed by atoms with van der Waals surface area (Å²) in [6.07, 6.45) is 0. The Kier molecular flexibility index (Phi) is 2.95. The lowest BCUT2D eigenvalue weighted by atomic mass is 9.82. The van der Waals surface area contributed by atoms with E-state index in [1.165, 1.54) is 18.2 Å². The van der Waals surface area contributed by atoms with Crippen LogP contribution in [0.1, 0.15) is 42.2 Å². The summed E-state index contributed by atoms with van der Waals surface area (Å²) in [6, 6.07) is 6.34. The predicted molar refractivity (Wildman–Crippen MR) is 74.4 cm³/mol. The van der Waals surface area contributed by atoms with Gasteiger partial charge in [-0.05, 0) is 18.2 Å². The number of methoxy groups -OCH3 is 1. The zero-order chi connectivity index (χ0) is 16.0. The minimum atomic E-state index is -0.830. The standard InChI is InChI=1S/C16H10O6/c1-22-16(21)10-5-8-9(6-12(10)18)14(19)7-3-2-4-11(17)13(7)15(8)20/h2-6,17-18H,1H3. The lowest BCUT2D eigenvalue weighted by molar-refractivity contribution is 0.0597. The maximum Gasteiger partial charge on any atom is 0.341 e. The van der Waals surface area contributed by atoms with Gasteiger partial charge in [-0.25, -0.2) is 4.79 Å². The minimum Gasteiger partial charge on any atom is -0.507 e. The first-order valence-electron chi connectivity index (χ1n) is 6.32. The Labute approximate surface area is 124 Å². The van der Waals surface area contributed by atoms with Crippen molar-refractivity contribution < 1.29 is 29.3 Å². The fourth-order valence-electron chi connectivity index (χ4n) is 2.49. The van der Waals surface area contributed by atoms with E-state index in [-0.39, 0.29) is 33.6 Å². The van der Waals surface area contributed by atoms with E-state index in [1.54, 1.807) is 0 Å². The molecule has 0 fully saturated rings. The van der Waals surface area contributed by atoms with Gasteiger partial charge < -0.3 is 14.9 Å². The van der Waals surface area contributed by atoms with Crippen LogP contribution in [0.25, 0.3) is 0 Å². The Balaban J connectivity index is 2.29. The summed E-state index contributed by atoms with van der Waals surface area (Å²) in [5, 5.41) is 19.7. The quantitative estimate of drug-likeness (QED) is 0.663. The smallest absolute Gasteiger partial charge is 0.341 e. The SMILES string of the molecule is COC(=O)c1cc2c(cc1O)C(=O)c1cccc(O)c1C2=O. The number of carbonyl (C=O) groups excluding carboxylic acids is 3. The van der Waals surface area contributed by atoms with E-state index in [4.69, 9.17) is 0 Å². The zero-order valence-corrected chi connectivity index (χ0v) is 11.4. The van der Waals surface area contributed by atoms with Gasteiger partial charge in [0.25, 0.3) is 0 Å². The highest BCUT2D eigenvalue weighted by Gasteiger charge is 2.33. The number of esters is 1. The van der Waals surface area contributed by atoms with Crippen LogP contribution in [0.5, 0.6) is 11.5 Å². The van der Waals surface area contributed by atoms with Crippen molar-refractivity contribution in [2.75, 3.05) is 7.11 Å². The third-order valence-electron chi connectivity index (χ3n) is 3.54.